The van der Waals surface area contributed by atoms with Crippen molar-refractivity contribution in [1.29, 1.82) is 0 Å². The van der Waals surface area contributed by atoms with Crippen molar-refractivity contribution in [3.63, 3.8) is 0 Å². The molecule has 11 nitrogen and oxygen atoms in total. The molecule has 0 bridgehead atoms. The smallest absolute Gasteiger partial charge is 0.550 e. The molecule has 0 aromatic rings. The summed E-state index contributed by atoms with van der Waals surface area (Å²) in [6, 6.07) is 0. The third kappa shape index (κ3) is 31.5. The molecule has 20 heavy (non-hydrogen) atoms. The third-order valence-electron chi connectivity index (χ3n) is 1.02. The molecule has 0 aliphatic heterocycles. The Morgan fingerprint density at radius 1 is 0.800 bits per heavy atom. The van der Waals surface area contributed by atoms with E-state index in [2.05, 4.69) is 4.74 Å². The van der Waals surface area contributed by atoms with Crippen LogP contribution < -0.4 is 104 Å². The molecule has 0 heterocycles. The Morgan fingerprint density at radius 2 is 1.15 bits per heavy atom. The van der Waals surface area contributed by atoms with Crippen LogP contribution >= 0.6 is 0 Å². The molecule has 0 rings (SSSR count). The summed E-state index contributed by atoms with van der Waals surface area (Å²) in [6.07, 6.45) is -2.79. The molecule has 0 spiro atoms. The summed E-state index contributed by atoms with van der Waals surface area (Å²) in [5.41, 5.74) is 0. The number of carboxylic acids is 3. The van der Waals surface area contributed by atoms with Crippen molar-refractivity contribution < 1.29 is 145 Å². The number of carbonyl (C=O) groups excluding carboxylic acids is 3. The van der Waals surface area contributed by atoms with Crippen LogP contribution in [0.1, 0.15) is 6.42 Å². The number of rotatable bonds is 6. The van der Waals surface area contributed by atoms with Gasteiger partial charge in [-0.05, 0) is 0 Å². The van der Waals surface area contributed by atoms with Gasteiger partial charge in [0.1, 0.15) is 6.10 Å². The van der Waals surface area contributed by atoms with Gasteiger partial charge in [-0.15, -0.1) is 0 Å². The van der Waals surface area contributed by atoms with Crippen molar-refractivity contribution in [3.05, 3.63) is 0 Å². The second-order valence-corrected chi connectivity index (χ2v) is 2.07. The summed E-state index contributed by atoms with van der Waals surface area (Å²) in [5, 5.41) is 29.8. The molecular weight excluding hydrogens is 317 g/mol. The van der Waals surface area contributed by atoms with E-state index in [-0.39, 0.29) is 111 Å². The summed E-state index contributed by atoms with van der Waals surface area (Å²) in [4.78, 5) is 29.8. The van der Waals surface area contributed by atoms with E-state index < -0.39 is 37.0 Å². The van der Waals surface area contributed by atoms with E-state index in [1.807, 2.05) is 0 Å². The zero-order chi connectivity index (χ0) is 10.4. The Balaban J connectivity index is -0.0000000343. The van der Waals surface area contributed by atoms with Gasteiger partial charge in [-0.2, -0.15) is 0 Å². The molecule has 0 aromatic carbocycles. The minimum atomic E-state index is -1.83. The average Bonchev–Trinajstić information content (AvgIpc) is 1.96. The molecule has 1 atom stereocenters. The Kier molecular flexibility index (Phi) is 70.5. The van der Waals surface area contributed by atoms with Gasteiger partial charge in [-0.1, -0.05) is 0 Å². The SMILES string of the molecule is O.O.O.O.O=C([O-])COC(CC(=O)[O-])C(=O)[O-].[Na+].[Na+].[Na+]. The summed E-state index contributed by atoms with van der Waals surface area (Å²) in [7, 11) is 0. The van der Waals surface area contributed by atoms with Crippen LogP contribution in [-0.4, -0.2) is 52.5 Å². The first-order valence-electron chi connectivity index (χ1n) is 3.15. The van der Waals surface area contributed by atoms with Crippen LogP contribution in [0.3, 0.4) is 0 Å². The van der Waals surface area contributed by atoms with E-state index in [1.165, 1.54) is 0 Å². The van der Waals surface area contributed by atoms with Crippen molar-refractivity contribution in [2.45, 2.75) is 12.5 Å². The van der Waals surface area contributed by atoms with Crippen molar-refractivity contribution >= 4 is 17.9 Å². The molecule has 0 aliphatic carbocycles. The van der Waals surface area contributed by atoms with Gasteiger partial charge in [0.25, 0.3) is 0 Å². The van der Waals surface area contributed by atoms with Crippen LogP contribution in [0.25, 0.3) is 0 Å². The van der Waals surface area contributed by atoms with Gasteiger partial charge in [0.2, 0.25) is 0 Å². The van der Waals surface area contributed by atoms with Gasteiger partial charge in [-0.3, -0.25) is 0 Å². The fourth-order valence-electron chi connectivity index (χ4n) is 0.530. The number of aliphatic carboxylic acids is 3. The van der Waals surface area contributed by atoms with Crippen LogP contribution in [0, 0.1) is 0 Å². The second-order valence-electron chi connectivity index (χ2n) is 2.07. The summed E-state index contributed by atoms with van der Waals surface area (Å²) in [5.74, 6) is -5.14. The first-order valence-corrected chi connectivity index (χ1v) is 3.15. The molecule has 0 aliphatic rings. The first-order chi connectivity index (χ1) is 5.93. The minimum absolute atomic E-state index is 0. The molecule has 0 radical (unpaired) electrons. The first kappa shape index (κ1) is 49.6. The maximum absolute atomic E-state index is 10.1. The molecule has 106 valence electrons. The van der Waals surface area contributed by atoms with Gasteiger partial charge >= 0.3 is 88.7 Å². The molecule has 14 heteroatoms. The van der Waals surface area contributed by atoms with Crippen LogP contribution in [0.2, 0.25) is 0 Å². The van der Waals surface area contributed by atoms with Gasteiger partial charge < -0.3 is 56.3 Å². The van der Waals surface area contributed by atoms with E-state index in [4.69, 9.17) is 0 Å². The predicted octanol–water partition coefficient (Wildman–Crippen LogP) is -17.3. The number of hydrogen-bond acceptors (Lipinski definition) is 7. The van der Waals surface area contributed by atoms with Crippen LogP contribution in [0.5, 0.6) is 0 Å². The van der Waals surface area contributed by atoms with Gasteiger partial charge in [-0.25, -0.2) is 0 Å². The molecule has 0 fully saturated rings. The van der Waals surface area contributed by atoms with Crippen LogP contribution in [0.15, 0.2) is 0 Å². The van der Waals surface area contributed by atoms with Crippen LogP contribution in [0.4, 0.5) is 0 Å². The van der Waals surface area contributed by atoms with Crippen LogP contribution in [-0.2, 0) is 19.1 Å². The fraction of sp³-hybridized carbons (Fsp3) is 0.500. The largest absolute Gasteiger partial charge is 1.00 e. The summed E-state index contributed by atoms with van der Waals surface area (Å²) >= 11 is 0. The molecule has 0 saturated carbocycles. The second kappa shape index (κ2) is 28.4. The number of ether oxygens (including phenoxy) is 1. The maximum Gasteiger partial charge on any atom is 1.00 e. The zero-order valence-corrected chi connectivity index (χ0v) is 17.3. The van der Waals surface area contributed by atoms with Crippen molar-refractivity contribution in [3.8, 4) is 0 Å². The summed E-state index contributed by atoms with van der Waals surface area (Å²) in [6.45, 7) is -1.01. The minimum Gasteiger partial charge on any atom is -0.550 e. The standard InChI is InChI=1S/C6H8O7.3Na.4H2O/c7-4(8)1-3(6(11)12)13-2-5(9)10;;;;;;;/h3H,1-2H2,(H,7,8)(H,9,10)(H,11,12);;;;4*1H2/q;3*+1;;;;/p-3. The number of carboxylic acid groups (broad SMARTS) is 3. The Bertz CT molecular complexity index is 236. The molecular formula is C6H13Na3O11. The van der Waals surface area contributed by atoms with E-state index >= 15 is 0 Å². The number of hydrogen-bond donors (Lipinski definition) is 0. The molecule has 0 amide bonds. The Labute approximate surface area is 180 Å². The number of carbonyl (C=O) groups is 3. The molecule has 0 aromatic heterocycles. The third-order valence-corrected chi connectivity index (χ3v) is 1.02. The Morgan fingerprint density at radius 3 is 1.35 bits per heavy atom. The molecule has 8 N–H and O–H groups in total. The monoisotopic (exact) mass is 330 g/mol. The topological polar surface area (TPSA) is 256 Å². The van der Waals surface area contributed by atoms with E-state index in [1.54, 1.807) is 0 Å². The average molecular weight is 330 g/mol. The quantitative estimate of drug-likeness (QED) is 0.424. The Hall–Kier alpha value is 1.21. The van der Waals surface area contributed by atoms with Crippen molar-refractivity contribution in [1.82, 2.24) is 0 Å². The maximum atomic E-state index is 10.1. The van der Waals surface area contributed by atoms with Crippen molar-refractivity contribution in [2.24, 2.45) is 0 Å². The molecule has 0 saturated heterocycles. The normalized spacial score (nSPS) is 7.80. The zero-order valence-electron chi connectivity index (χ0n) is 11.3. The van der Waals surface area contributed by atoms with Gasteiger partial charge in [0.05, 0.1) is 18.5 Å². The van der Waals surface area contributed by atoms with Gasteiger partial charge in [0, 0.05) is 12.4 Å². The summed E-state index contributed by atoms with van der Waals surface area (Å²) < 4.78 is 4.13. The van der Waals surface area contributed by atoms with Gasteiger partial charge in [0.15, 0.2) is 0 Å². The molecule has 1 unspecified atom stereocenters. The van der Waals surface area contributed by atoms with Crippen molar-refractivity contribution in [2.75, 3.05) is 6.61 Å². The predicted molar refractivity (Wildman–Crippen MR) is 43.8 cm³/mol. The van der Waals surface area contributed by atoms with E-state index in [0.29, 0.717) is 0 Å². The van der Waals surface area contributed by atoms with E-state index in [0.717, 1.165) is 0 Å². The fourth-order valence-corrected chi connectivity index (χ4v) is 0.530. The van der Waals surface area contributed by atoms with E-state index in [9.17, 15) is 29.7 Å².